The Kier molecular flexibility index (Phi) is 4.07. The predicted molar refractivity (Wildman–Crippen MR) is 101 cm³/mol. The molecule has 0 fully saturated rings. The molecule has 0 saturated heterocycles. The second-order valence-corrected chi connectivity index (χ2v) is 6.82. The standard InChI is InChI=1S/C21H22N2O3/c1-26-14-10-17-20(18(24)11-14)19-15(21(22)25)8-5-9-16(19)23(17)12-13-6-3-2-4-7-13/h2-4,6-7,10-11,15,24H,5,8-9,12H2,1H3,(H2,22,25). The summed E-state index contributed by atoms with van der Waals surface area (Å²) in [6.45, 7) is 0.671. The maximum Gasteiger partial charge on any atom is 0.225 e. The van der Waals surface area contributed by atoms with Crippen LogP contribution in [0.5, 0.6) is 11.5 Å². The highest BCUT2D eigenvalue weighted by Crippen LogP contribution is 2.44. The molecule has 0 radical (unpaired) electrons. The number of rotatable bonds is 4. The predicted octanol–water partition coefficient (Wildman–Crippen LogP) is 3.31. The second-order valence-electron chi connectivity index (χ2n) is 6.82. The fourth-order valence-electron chi connectivity index (χ4n) is 4.12. The molecule has 0 aliphatic heterocycles. The van der Waals surface area contributed by atoms with Gasteiger partial charge in [-0.2, -0.15) is 0 Å². The normalized spacial score (nSPS) is 16.4. The molecule has 1 unspecified atom stereocenters. The van der Waals surface area contributed by atoms with Crippen LogP contribution < -0.4 is 10.5 Å². The largest absolute Gasteiger partial charge is 0.507 e. The van der Waals surface area contributed by atoms with Gasteiger partial charge in [0.2, 0.25) is 5.91 Å². The first-order valence-corrected chi connectivity index (χ1v) is 8.85. The number of aromatic nitrogens is 1. The van der Waals surface area contributed by atoms with Crippen molar-refractivity contribution in [2.24, 2.45) is 5.73 Å². The lowest BCUT2D eigenvalue weighted by atomic mass is 9.84. The van der Waals surface area contributed by atoms with E-state index in [1.165, 1.54) is 0 Å². The third kappa shape index (κ3) is 2.60. The van der Waals surface area contributed by atoms with Gasteiger partial charge in [0, 0.05) is 29.8 Å². The average Bonchev–Trinajstić information content (AvgIpc) is 2.96. The molecule has 1 atom stereocenters. The maximum absolute atomic E-state index is 12.1. The number of hydrogen-bond donors (Lipinski definition) is 2. The van der Waals surface area contributed by atoms with Gasteiger partial charge < -0.3 is 20.1 Å². The summed E-state index contributed by atoms with van der Waals surface area (Å²) >= 11 is 0. The Balaban J connectivity index is 2.00. The fourth-order valence-corrected chi connectivity index (χ4v) is 4.12. The molecular formula is C21H22N2O3. The number of nitrogens with zero attached hydrogens (tertiary/aromatic N) is 1. The van der Waals surface area contributed by atoms with Gasteiger partial charge in [0.25, 0.3) is 0 Å². The third-order valence-corrected chi connectivity index (χ3v) is 5.28. The van der Waals surface area contributed by atoms with Gasteiger partial charge in [-0.3, -0.25) is 4.79 Å². The Morgan fingerprint density at radius 2 is 2.08 bits per heavy atom. The Morgan fingerprint density at radius 1 is 1.31 bits per heavy atom. The van der Waals surface area contributed by atoms with E-state index in [4.69, 9.17) is 10.5 Å². The number of benzene rings is 2. The summed E-state index contributed by atoms with van der Waals surface area (Å²) in [4.78, 5) is 12.1. The zero-order valence-corrected chi connectivity index (χ0v) is 14.7. The van der Waals surface area contributed by atoms with Crippen LogP contribution in [-0.4, -0.2) is 22.7 Å². The number of methoxy groups -OCH3 is 1. The first-order chi connectivity index (χ1) is 12.6. The lowest BCUT2D eigenvalue weighted by Gasteiger charge is -2.22. The summed E-state index contributed by atoms with van der Waals surface area (Å²) < 4.78 is 7.54. The van der Waals surface area contributed by atoms with Gasteiger partial charge in [-0.1, -0.05) is 30.3 Å². The van der Waals surface area contributed by atoms with E-state index in [2.05, 4.69) is 16.7 Å². The molecular weight excluding hydrogens is 328 g/mol. The minimum atomic E-state index is -0.363. The molecule has 5 nitrogen and oxygen atoms in total. The van der Waals surface area contributed by atoms with Crippen molar-refractivity contribution in [1.82, 2.24) is 4.57 Å². The van der Waals surface area contributed by atoms with Gasteiger partial charge in [0.1, 0.15) is 11.5 Å². The molecule has 1 aromatic heterocycles. The molecule has 134 valence electrons. The molecule has 5 heteroatoms. The van der Waals surface area contributed by atoms with Crippen LogP contribution in [0.3, 0.4) is 0 Å². The molecule has 1 aliphatic rings. The summed E-state index contributed by atoms with van der Waals surface area (Å²) in [6.07, 6.45) is 2.49. The van der Waals surface area contributed by atoms with Crippen LogP contribution in [0, 0.1) is 0 Å². The SMILES string of the molecule is COc1cc(O)c2c3c(n(Cc4ccccc4)c2c1)CCCC3C(N)=O. The number of carbonyl (C=O) groups is 1. The Hall–Kier alpha value is -2.95. The molecule has 4 rings (SSSR count). The van der Waals surface area contributed by atoms with Crippen molar-refractivity contribution in [2.45, 2.75) is 31.7 Å². The van der Waals surface area contributed by atoms with Gasteiger partial charge in [-0.25, -0.2) is 0 Å². The van der Waals surface area contributed by atoms with Crippen molar-refractivity contribution in [2.75, 3.05) is 7.11 Å². The van der Waals surface area contributed by atoms with E-state index in [1.807, 2.05) is 24.3 Å². The second kappa shape index (κ2) is 6.41. The van der Waals surface area contributed by atoms with E-state index in [1.54, 1.807) is 13.2 Å². The van der Waals surface area contributed by atoms with Crippen LogP contribution in [0.15, 0.2) is 42.5 Å². The summed E-state index contributed by atoms with van der Waals surface area (Å²) in [6, 6.07) is 13.7. The molecule has 3 N–H and O–H groups in total. The number of amides is 1. The summed E-state index contributed by atoms with van der Waals surface area (Å²) in [5.74, 6) is 0.0304. The molecule has 2 aromatic carbocycles. The number of phenolic OH excluding ortho intramolecular Hbond substituents is 1. The Bertz CT molecular complexity index is 976. The Labute approximate surface area is 152 Å². The number of nitrogens with two attached hydrogens (primary N) is 1. The minimum absolute atomic E-state index is 0.135. The molecule has 26 heavy (non-hydrogen) atoms. The number of primary amides is 1. The third-order valence-electron chi connectivity index (χ3n) is 5.28. The quantitative estimate of drug-likeness (QED) is 0.758. The van der Waals surface area contributed by atoms with Gasteiger partial charge >= 0.3 is 0 Å². The maximum atomic E-state index is 12.1. The van der Waals surface area contributed by atoms with E-state index < -0.39 is 0 Å². The molecule has 0 saturated carbocycles. The van der Waals surface area contributed by atoms with Crippen LogP contribution in [0.25, 0.3) is 10.9 Å². The molecule has 1 heterocycles. The first kappa shape index (κ1) is 16.5. The number of carbonyl (C=O) groups excluding carboxylic acids is 1. The topological polar surface area (TPSA) is 77.5 Å². The van der Waals surface area contributed by atoms with Crippen molar-refractivity contribution in [3.8, 4) is 11.5 Å². The van der Waals surface area contributed by atoms with E-state index in [-0.39, 0.29) is 17.6 Å². The summed E-state index contributed by atoms with van der Waals surface area (Å²) in [7, 11) is 1.58. The van der Waals surface area contributed by atoms with Crippen molar-refractivity contribution in [3.05, 3.63) is 59.3 Å². The van der Waals surface area contributed by atoms with E-state index in [0.29, 0.717) is 12.3 Å². The van der Waals surface area contributed by atoms with Crippen LogP contribution >= 0.6 is 0 Å². The van der Waals surface area contributed by atoms with Crippen LogP contribution in [-0.2, 0) is 17.8 Å². The van der Waals surface area contributed by atoms with E-state index >= 15 is 0 Å². The lowest BCUT2D eigenvalue weighted by Crippen LogP contribution is -2.25. The van der Waals surface area contributed by atoms with Crippen molar-refractivity contribution >= 4 is 16.8 Å². The number of hydrogen-bond acceptors (Lipinski definition) is 3. The number of phenols is 1. The summed E-state index contributed by atoms with van der Waals surface area (Å²) in [5.41, 5.74) is 9.70. The van der Waals surface area contributed by atoms with E-state index in [9.17, 15) is 9.90 Å². The molecule has 3 aromatic rings. The fraction of sp³-hybridized carbons (Fsp3) is 0.286. The lowest BCUT2D eigenvalue weighted by molar-refractivity contribution is -0.119. The van der Waals surface area contributed by atoms with E-state index in [0.717, 1.165) is 47.0 Å². The number of fused-ring (bicyclic) bond motifs is 3. The average molecular weight is 350 g/mol. The first-order valence-electron chi connectivity index (χ1n) is 8.85. The zero-order valence-electron chi connectivity index (χ0n) is 14.7. The molecule has 0 bridgehead atoms. The van der Waals surface area contributed by atoms with Gasteiger partial charge in [0.05, 0.1) is 18.5 Å². The van der Waals surface area contributed by atoms with Gasteiger partial charge in [0.15, 0.2) is 0 Å². The van der Waals surface area contributed by atoms with Gasteiger partial charge in [-0.15, -0.1) is 0 Å². The van der Waals surface area contributed by atoms with Crippen molar-refractivity contribution in [1.29, 1.82) is 0 Å². The molecule has 0 spiro atoms. The summed E-state index contributed by atoms with van der Waals surface area (Å²) in [5, 5.41) is 11.4. The zero-order chi connectivity index (χ0) is 18.3. The minimum Gasteiger partial charge on any atom is -0.507 e. The number of ether oxygens (including phenoxy) is 1. The van der Waals surface area contributed by atoms with Crippen LogP contribution in [0.4, 0.5) is 0 Å². The molecule has 1 amide bonds. The molecule has 1 aliphatic carbocycles. The van der Waals surface area contributed by atoms with Crippen LogP contribution in [0.1, 0.15) is 35.6 Å². The van der Waals surface area contributed by atoms with Crippen molar-refractivity contribution < 1.29 is 14.6 Å². The monoisotopic (exact) mass is 350 g/mol. The van der Waals surface area contributed by atoms with Crippen molar-refractivity contribution in [3.63, 3.8) is 0 Å². The highest BCUT2D eigenvalue weighted by Gasteiger charge is 2.32. The highest BCUT2D eigenvalue weighted by atomic mass is 16.5. The number of aromatic hydroxyl groups is 1. The van der Waals surface area contributed by atoms with Gasteiger partial charge in [-0.05, 0) is 30.4 Å². The van der Waals surface area contributed by atoms with Crippen LogP contribution in [0.2, 0.25) is 0 Å². The highest BCUT2D eigenvalue weighted by molar-refractivity contribution is 5.97. The smallest absolute Gasteiger partial charge is 0.225 e. The Morgan fingerprint density at radius 3 is 2.77 bits per heavy atom.